The summed E-state index contributed by atoms with van der Waals surface area (Å²) in [5, 5.41) is 8.80. The van der Waals surface area contributed by atoms with Crippen LogP contribution in [0.1, 0.15) is 29.0 Å². The summed E-state index contributed by atoms with van der Waals surface area (Å²) in [7, 11) is -3.82. The molecule has 10 heteroatoms. The Kier molecular flexibility index (Phi) is 6.92. The molecule has 0 saturated heterocycles. The Morgan fingerprint density at radius 3 is 2.46 bits per heavy atom. The maximum atomic E-state index is 12.2. The second-order valence-corrected chi connectivity index (χ2v) is 8.08. The molecule has 2 rings (SSSR count). The van der Waals surface area contributed by atoms with Gasteiger partial charge in [-0.15, -0.1) is 0 Å². The lowest BCUT2D eigenvalue weighted by molar-refractivity contribution is -0.124. The van der Waals surface area contributed by atoms with Crippen molar-refractivity contribution >= 4 is 27.5 Å². The highest BCUT2D eigenvalue weighted by atomic mass is 32.2. The van der Waals surface area contributed by atoms with Gasteiger partial charge in [-0.25, -0.2) is 13.1 Å². The maximum Gasteiger partial charge on any atom is 0.245 e. The number of hydrogen-bond acceptors (Lipinski definition) is 6. The topological polar surface area (TPSA) is 130 Å². The molecule has 3 N–H and O–H groups in total. The second kappa shape index (κ2) is 8.98. The van der Waals surface area contributed by atoms with E-state index in [9.17, 15) is 18.0 Å². The third-order valence-corrected chi connectivity index (χ3v) is 5.91. The van der Waals surface area contributed by atoms with Crippen LogP contribution in [-0.4, -0.2) is 38.5 Å². The minimum absolute atomic E-state index is 0.0270. The largest absolute Gasteiger partial charge is 0.360 e. The first-order valence-corrected chi connectivity index (χ1v) is 10.2. The zero-order valence-electron chi connectivity index (χ0n) is 16.3. The van der Waals surface area contributed by atoms with Gasteiger partial charge in [0, 0.05) is 18.7 Å². The van der Waals surface area contributed by atoms with Crippen molar-refractivity contribution in [3.8, 4) is 0 Å². The van der Waals surface area contributed by atoms with Crippen LogP contribution in [0, 0.1) is 27.7 Å². The van der Waals surface area contributed by atoms with E-state index in [1.54, 1.807) is 6.07 Å². The van der Waals surface area contributed by atoms with Gasteiger partial charge >= 0.3 is 0 Å². The number of aromatic nitrogens is 1. The van der Waals surface area contributed by atoms with E-state index in [0.717, 1.165) is 11.1 Å². The van der Waals surface area contributed by atoms with Gasteiger partial charge in [0.25, 0.3) is 0 Å². The minimum Gasteiger partial charge on any atom is -0.360 e. The number of carbonyl (C=O) groups is 2. The van der Waals surface area contributed by atoms with Crippen LogP contribution in [0.25, 0.3) is 0 Å². The summed E-state index contributed by atoms with van der Waals surface area (Å²) in [5.74, 6) is -0.631. The van der Waals surface area contributed by atoms with E-state index >= 15 is 0 Å². The molecule has 152 valence electrons. The number of aryl methyl sites for hydroxylation is 3. The van der Waals surface area contributed by atoms with Crippen LogP contribution in [0.2, 0.25) is 0 Å². The molecular formula is C18H24N4O5S. The molecule has 0 aliphatic heterocycles. The van der Waals surface area contributed by atoms with E-state index in [4.69, 9.17) is 4.52 Å². The Morgan fingerprint density at radius 2 is 1.82 bits per heavy atom. The molecule has 0 aliphatic rings. The fourth-order valence-electron chi connectivity index (χ4n) is 2.58. The summed E-state index contributed by atoms with van der Waals surface area (Å²) in [5.41, 5.74) is 2.94. The van der Waals surface area contributed by atoms with E-state index in [2.05, 4.69) is 20.5 Å². The average molecular weight is 408 g/mol. The number of carbonyl (C=O) groups excluding carboxylic acids is 2. The quantitative estimate of drug-likeness (QED) is 0.604. The van der Waals surface area contributed by atoms with Gasteiger partial charge in [-0.1, -0.05) is 17.3 Å². The molecule has 0 saturated carbocycles. The smallest absolute Gasteiger partial charge is 0.245 e. The third kappa shape index (κ3) is 5.40. The first-order chi connectivity index (χ1) is 13.1. The predicted molar refractivity (Wildman–Crippen MR) is 103 cm³/mol. The zero-order valence-corrected chi connectivity index (χ0v) is 17.1. The van der Waals surface area contributed by atoms with Crippen molar-refractivity contribution < 1.29 is 22.5 Å². The molecule has 1 aromatic carbocycles. The Morgan fingerprint density at radius 1 is 1.11 bits per heavy atom. The SMILES string of the molecule is Cc1cccc(NC(=O)CNC(=O)CCNS(=O)(=O)c2c(C)noc2C)c1C. The number of nitrogens with zero attached hydrogens (tertiary/aromatic N) is 1. The maximum absolute atomic E-state index is 12.2. The number of sulfonamides is 1. The number of nitrogens with one attached hydrogen (secondary N) is 3. The number of amides is 2. The summed E-state index contributed by atoms with van der Waals surface area (Å²) in [6, 6.07) is 5.56. The Bertz CT molecular complexity index is 962. The summed E-state index contributed by atoms with van der Waals surface area (Å²) in [6.45, 7) is 6.53. The van der Waals surface area contributed by atoms with Gasteiger partial charge in [-0.2, -0.15) is 0 Å². The monoisotopic (exact) mass is 408 g/mol. The molecule has 1 heterocycles. The highest BCUT2D eigenvalue weighted by Crippen LogP contribution is 2.18. The highest BCUT2D eigenvalue weighted by Gasteiger charge is 2.23. The normalized spacial score (nSPS) is 11.3. The van der Waals surface area contributed by atoms with Gasteiger partial charge < -0.3 is 15.2 Å². The molecule has 9 nitrogen and oxygen atoms in total. The number of rotatable bonds is 8. The van der Waals surface area contributed by atoms with Gasteiger partial charge in [0.1, 0.15) is 10.6 Å². The van der Waals surface area contributed by atoms with Gasteiger partial charge in [-0.3, -0.25) is 9.59 Å². The van der Waals surface area contributed by atoms with Crippen LogP contribution in [-0.2, 0) is 19.6 Å². The van der Waals surface area contributed by atoms with E-state index < -0.39 is 15.9 Å². The fourth-order valence-corrected chi connectivity index (χ4v) is 3.93. The molecule has 0 aliphatic carbocycles. The summed E-state index contributed by atoms with van der Waals surface area (Å²) >= 11 is 0. The van der Waals surface area contributed by atoms with Gasteiger partial charge in [0.2, 0.25) is 21.8 Å². The second-order valence-electron chi connectivity index (χ2n) is 6.37. The van der Waals surface area contributed by atoms with Crippen molar-refractivity contribution in [2.75, 3.05) is 18.4 Å². The summed E-state index contributed by atoms with van der Waals surface area (Å²) in [6.07, 6.45) is -0.112. The van der Waals surface area contributed by atoms with Gasteiger partial charge in [0.05, 0.1) is 6.54 Å². The zero-order chi connectivity index (χ0) is 20.9. The molecule has 0 radical (unpaired) electrons. The number of hydrogen-bond donors (Lipinski definition) is 3. The first kappa shape index (κ1) is 21.6. The van der Waals surface area contributed by atoms with Crippen LogP contribution >= 0.6 is 0 Å². The Labute approximate surface area is 163 Å². The van der Waals surface area contributed by atoms with Crippen molar-refractivity contribution in [3.05, 3.63) is 40.8 Å². The van der Waals surface area contributed by atoms with Crippen LogP contribution in [0.5, 0.6) is 0 Å². The minimum atomic E-state index is -3.82. The lowest BCUT2D eigenvalue weighted by atomic mass is 10.1. The van der Waals surface area contributed by atoms with Crippen molar-refractivity contribution in [2.24, 2.45) is 0 Å². The Hall–Kier alpha value is -2.72. The van der Waals surface area contributed by atoms with Crippen LogP contribution < -0.4 is 15.4 Å². The van der Waals surface area contributed by atoms with E-state index in [1.807, 2.05) is 26.0 Å². The summed E-state index contributed by atoms with van der Waals surface area (Å²) < 4.78 is 31.6. The van der Waals surface area contributed by atoms with Crippen LogP contribution in [0.3, 0.4) is 0 Å². The molecule has 0 unspecified atom stereocenters. The van der Waals surface area contributed by atoms with E-state index in [-0.39, 0.29) is 41.8 Å². The average Bonchev–Trinajstić information content (AvgIpc) is 2.96. The van der Waals surface area contributed by atoms with Crippen molar-refractivity contribution in [1.29, 1.82) is 0 Å². The molecular weight excluding hydrogens is 384 g/mol. The van der Waals surface area contributed by atoms with Crippen LogP contribution in [0.15, 0.2) is 27.6 Å². The van der Waals surface area contributed by atoms with Crippen molar-refractivity contribution in [3.63, 3.8) is 0 Å². The van der Waals surface area contributed by atoms with Gasteiger partial charge in [0.15, 0.2) is 5.76 Å². The molecule has 1 aromatic heterocycles. The summed E-state index contributed by atoms with van der Waals surface area (Å²) in [4.78, 5) is 23.8. The predicted octanol–water partition coefficient (Wildman–Crippen LogP) is 1.33. The number of anilines is 1. The van der Waals surface area contributed by atoms with E-state index in [1.165, 1.54) is 13.8 Å². The molecule has 0 atom stereocenters. The fraction of sp³-hybridized carbons (Fsp3) is 0.389. The van der Waals surface area contributed by atoms with E-state index in [0.29, 0.717) is 5.69 Å². The molecule has 0 spiro atoms. The van der Waals surface area contributed by atoms with Crippen molar-refractivity contribution in [1.82, 2.24) is 15.2 Å². The molecule has 0 bridgehead atoms. The molecule has 2 aromatic rings. The molecule has 0 fully saturated rings. The lowest BCUT2D eigenvalue weighted by Gasteiger charge is -2.11. The molecule has 28 heavy (non-hydrogen) atoms. The van der Waals surface area contributed by atoms with Gasteiger partial charge in [-0.05, 0) is 44.9 Å². The molecule has 2 amide bonds. The highest BCUT2D eigenvalue weighted by molar-refractivity contribution is 7.89. The standard InChI is InChI=1S/C18H24N4O5S/c1-11-6-5-7-15(12(11)2)21-17(24)10-19-16(23)8-9-20-28(25,26)18-13(3)22-27-14(18)4/h5-7,20H,8-10H2,1-4H3,(H,19,23)(H,21,24). The Balaban J connectivity index is 1.78. The van der Waals surface area contributed by atoms with Crippen molar-refractivity contribution in [2.45, 2.75) is 39.0 Å². The lowest BCUT2D eigenvalue weighted by Crippen LogP contribution is -2.35. The number of benzene rings is 1. The first-order valence-electron chi connectivity index (χ1n) is 8.67. The van der Waals surface area contributed by atoms with Crippen LogP contribution in [0.4, 0.5) is 5.69 Å². The third-order valence-electron chi connectivity index (χ3n) is 4.21.